The summed E-state index contributed by atoms with van der Waals surface area (Å²) in [6.45, 7) is 6.95. The smallest absolute Gasteiger partial charge is 0.307 e. The monoisotopic (exact) mass is 299 g/mol. The summed E-state index contributed by atoms with van der Waals surface area (Å²) in [6, 6.07) is 3.66. The molecule has 0 fully saturated rings. The largest absolute Gasteiger partial charge is 0.466 e. The average Bonchev–Trinajstić information content (AvgIpc) is 2.40. The number of ether oxygens (including phenoxy) is 1. The van der Waals surface area contributed by atoms with Crippen molar-refractivity contribution in [1.29, 1.82) is 0 Å². The summed E-state index contributed by atoms with van der Waals surface area (Å²) in [5, 5.41) is 3.27. The summed E-state index contributed by atoms with van der Waals surface area (Å²) in [7, 11) is 0. The van der Waals surface area contributed by atoms with Gasteiger partial charge < -0.3 is 10.1 Å². The number of hydrogen-bond acceptors (Lipinski definition) is 3. The molecule has 0 saturated heterocycles. The second kappa shape index (κ2) is 8.72. The van der Waals surface area contributed by atoms with Gasteiger partial charge >= 0.3 is 5.97 Å². The molecular weight excluding hydrogens is 276 g/mol. The summed E-state index contributed by atoms with van der Waals surface area (Å²) in [6.07, 6.45) is 0.655. The van der Waals surface area contributed by atoms with E-state index in [0.717, 1.165) is 12.6 Å². The topological polar surface area (TPSA) is 38.3 Å². The minimum Gasteiger partial charge on any atom is -0.466 e. The van der Waals surface area contributed by atoms with Gasteiger partial charge in [-0.05, 0) is 43.5 Å². The van der Waals surface area contributed by atoms with Crippen LogP contribution in [0.2, 0.25) is 0 Å². The molecule has 0 aliphatic carbocycles. The highest BCUT2D eigenvalue weighted by Gasteiger charge is 2.16. The minimum atomic E-state index is -0.869. The van der Waals surface area contributed by atoms with Gasteiger partial charge in [-0.25, -0.2) is 8.78 Å². The second-order valence-electron chi connectivity index (χ2n) is 5.46. The van der Waals surface area contributed by atoms with Gasteiger partial charge in [-0.1, -0.05) is 19.9 Å². The Bertz CT molecular complexity index is 464. The molecule has 5 heteroatoms. The van der Waals surface area contributed by atoms with Gasteiger partial charge in [0.2, 0.25) is 0 Å². The summed E-state index contributed by atoms with van der Waals surface area (Å²) in [5.41, 5.74) is 0.652. The quantitative estimate of drug-likeness (QED) is 0.750. The third-order valence-electron chi connectivity index (χ3n) is 3.00. The van der Waals surface area contributed by atoms with Crippen LogP contribution in [0.1, 0.15) is 32.8 Å². The van der Waals surface area contributed by atoms with Crippen LogP contribution in [0.25, 0.3) is 0 Å². The van der Waals surface area contributed by atoms with Crippen molar-refractivity contribution in [2.24, 2.45) is 5.92 Å². The van der Waals surface area contributed by atoms with Crippen LogP contribution < -0.4 is 5.32 Å². The first-order valence-electron chi connectivity index (χ1n) is 7.25. The predicted octanol–water partition coefficient (Wildman–Crippen LogP) is 3.07. The molecule has 0 bridgehead atoms. The molecule has 118 valence electrons. The van der Waals surface area contributed by atoms with E-state index in [9.17, 15) is 13.6 Å². The Morgan fingerprint density at radius 1 is 1.29 bits per heavy atom. The highest BCUT2D eigenvalue weighted by molar-refractivity contribution is 5.70. The molecular formula is C16H23F2NO2. The Kier molecular flexibility index (Phi) is 7.29. The molecule has 21 heavy (non-hydrogen) atoms. The number of carbonyl (C=O) groups is 1. The minimum absolute atomic E-state index is 0.156. The van der Waals surface area contributed by atoms with Gasteiger partial charge in [-0.2, -0.15) is 0 Å². The SMILES string of the molecule is CCOC(=O)CC(Cc1ccc(F)c(F)c1)NCC(C)C. The van der Waals surface area contributed by atoms with Crippen molar-refractivity contribution < 1.29 is 18.3 Å². The van der Waals surface area contributed by atoms with Crippen LogP contribution in [-0.2, 0) is 16.0 Å². The van der Waals surface area contributed by atoms with Crippen LogP contribution in [-0.4, -0.2) is 25.2 Å². The third kappa shape index (κ3) is 6.67. The summed E-state index contributed by atoms with van der Waals surface area (Å²) in [5.74, 6) is -1.59. The van der Waals surface area contributed by atoms with Crippen molar-refractivity contribution in [2.45, 2.75) is 39.7 Å². The molecule has 1 rings (SSSR count). The third-order valence-corrected chi connectivity index (χ3v) is 3.00. The molecule has 1 aromatic carbocycles. The molecule has 0 aliphatic heterocycles. The molecule has 0 spiro atoms. The van der Waals surface area contributed by atoms with Crippen molar-refractivity contribution in [3.8, 4) is 0 Å². The van der Waals surface area contributed by atoms with E-state index in [1.807, 2.05) is 0 Å². The highest BCUT2D eigenvalue weighted by atomic mass is 19.2. The average molecular weight is 299 g/mol. The lowest BCUT2D eigenvalue weighted by atomic mass is 10.0. The molecule has 1 unspecified atom stereocenters. The lowest BCUT2D eigenvalue weighted by Crippen LogP contribution is -2.36. The zero-order chi connectivity index (χ0) is 15.8. The van der Waals surface area contributed by atoms with Crippen molar-refractivity contribution in [2.75, 3.05) is 13.2 Å². The van der Waals surface area contributed by atoms with E-state index in [0.29, 0.717) is 24.5 Å². The van der Waals surface area contributed by atoms with Crippen molar-refractivity contribution in [3.63, 3.8) is 0 Å². The second-order valence-corrected chi connectivity index (χ2v) is 5.46. The van der Waals surface area contributed by atoms with Crippen LogP contribution in [0.15, 0.2) is 18.2 Å². The maximum Gasteiger partial charge on any atom is 0.307 e. The van der Waals surface area contributed by atoms with Gasteiger partial charge in [0.1, 0.15) is 0 Å². The van der Waals surface area contributed by atoms with Crippen LogP contribution in [0.5, 0.6) is 0 Å². The fourth-order valence-electron chi connectivity index (χ4n) is 1.99. The zero-order valence-corrected chi connectivity index (χ0v) is 12.8. The Morgan fingerprint density at radius 2 is 2.00 bits per heavy atom. The number of nitrogens with one attached hydrogen (secondary N) is 1. The van der Waals surface area contributed by atoms with Crippen molar-refractivity contribution in [3.05, 3.63) is 35.4 Å². The number of esters is 1. The number of rotatable bonds is 8. The molecule has 0 aliphatic rings. The van der Waals surface area contributed by atoms with Gasteiger partial charge in [0.05, 0.1) is 13.0 Å². The summed E-state index contributed by atoms with van der Waals surface area (Å²) in [4.78, 5) is 11.6. The van der Waals surface area contributed by atoms with Crippen LogP contribution in [0, 0.1) is 17.6 Å². The number of carbonyl (C=O) groups excluding carboxylic acids is 1. The maximum atomic E-state index is 13.2. The van der Waals surface area contributed by atoms with Crippen LogP contribution in [0.4, 0.5) is 8.78 Å². The van der Waals surface area contributed by atoms with E-state index in [4.69, 9.17) is 4.74 Å². The molecule has 1 aromatic rings. The van der Waals surface area contributed by atoms with Gasteiger partial charge in [0.25, 0.3) is 0 Å². The number of hydrogen-bond donors (Lipinski definition) is 1. The normalized spacial score (nSPS) is 12.5. The molecule has 1 N–H and O–H groups in total. The van der Waals surface area contributed by atoms with Gasteiger partial charge in [0, 0.05) is 6.04 Å². The Balaban J connectivity index is 2.70. The van der Waals surface area contributed by atoms with Gasteiger partial charge in [0.15, 0.2) is 11.6 Å². The highest BCUT2D eigenvalue weighted by Crippen LogP contribution is 2.12. The van der Waals surface area contributed by atoms with E-state index in [2.05, 4.69) is 19.2 Å². The molecule has 0 aromatic heterocycles. The van der Waals surface area contributed by atoms with Crippen LogP contribution in [0.3, 0.4) is 0 Å². The standard InChI is InChI=1S/C16H23F2NO2/c1-4-21-16(20)9-13(19-10-11(2)3)7-12-5-6-14(17)15(18)8-12/h5-6,8,11,13,19H,4,7,9-10H2,1-3H3. The van der Waals surface area contributed by atoms with Gasteiger partial charge in [-0.3, -0.25) is 4.79 Å². The first-order chi connectivity index (χ1) is 9.92. The Morgan fingerprint density at radius 3 is 2.57 bits per heavy atom. The lowest BCUT2D eigenvalue weighted by molar-refractivity contribution is -0.143. The van der Waals surface area contributed by atoms with Crippen molar-refractivity contribution in [1.82, 2.24) is 5.32 Å². The first-order valence-corrected chi connectivity index (χ1v) is 7.25. The molecule has 1 atom stereocenters. The zero-order valence-electron chi connectivity index (χ0n) is 12.8. The number of benzene rings is 1. The predicted molar refractivity (Wildman–Crippen MR) is 77.9 cm³/mol. The molecule has 0 radical (unpaired) electrons. The van der Waals surface area contributed by atoms with Crippen molar-refractivity contribution >= 4 is 5.97 Å². The van der Waals surface area contributed by atoms with Crippen LogP contribution >= 0.6 is 0 Å². The fourth-order valence-corrected chi connectivity index (χ4v) is 1.99. The van der Waals surface area contributed by atoms with E-state index >= 15 is 0 Å². The van der Waals surface area contributed by atoms with E-state index in [-0.39, 0.29) is 18.4 Å². The van der Waals surface area contributed by atoms with E-state index in [1.165, 1.54) is 12.1 Å². The summed E-state index contributed by atoms with van der Waals surface area (Å²) < 4.78 is 31.1. The summed E-state index contributed by atoms with van der Waals surface area (Å²) >= 11 is 0. The molecule has 0 amide bonds. The Labute approximate surface area is 124 Å². The Hall–Kier alpha value is -1.49. The number of halogens is 2. The van der Waals surface area contributed by atoms with E-state index in [1.54, 1.807) is 6.92 Å². The molecule has 0 heterocycles. The first kappa shape index (κ1) is 17.6. The molecule has 3 nitrogen and oxygen atoms in total. The maximum absolute atomic E-state index is 13.2. The fraction of sp³-hybridized carbons (Fsp3) is 0.562. The molecule has 0 saturated carbocycles. The van der Waals surface area contributed by atoms with Gasteiger partial charge in [-0.15, -0.1) is 0 Å². The van der Waals surface area contributed by atoms with E-state index < -0.39 is 11.6 Å². The lowest BCUT2D eigenvalue weighted by Gasteiger charge is -2.19.